The number of piperidine rings is 1. The molecule has 9 heteroatoms. The van der Waals surface area contributed by atoms with Crippen molar-refractivity contribution in [3.05, 3.63) is 83.9 Å². The maximum Gasteiger partial charge on any atom is 0.260 e. The van der Waals surface area contributed by atoms with Gasteiger partial charge in [0.25, 0.3) is 5.91 Å². The monoisotopic (exact) mass is 565 g/mol. The Kier molecular flexibility index (Phi) is 8.18. The number of hydrogen-bond acceptors (Lipinski definition) is 6. The molecule has 38 heavy (non-hydrogen) atoms. The van der Waals surface area contributed by atoms with Gasteiger partial charge in [-0.2, -0.15) is 4.31 Å². The zero-order valence-corrected chi connectivity index (χ0v) is 24.0. The first kappa shape index (κ1) is 26.9. The van der Waals surface area contributed by atoms with Gasteiger partial charge in [-0.1, -0.05) is 55.0 Å². The first-order valence-corrected chi connectivity index (χ1v) is 16.3. The average Bonchev–Trinajstić information content (AvgIpc) is 3.39. The van der Waals surface area contributed by atoms with E-state index in [1.165, 1.54) is 11.3 Å². The van der Waals surface area contributed by atoms with Crippen molar-refractivity contribution in [2.24, 2.45) is 0 Å². The molecule has 1 saturated heterocycles. The number of nitrogens with zero attached hydrogens (tertiary/aromatic N) is 3. The molecule has 0 aliphatic carbocycles. The van der Waals surface area contributed by atoms with Gasteiger partial charge in [-0.25, -0.2) is 13.4 Å². The molecule has 1 fully saturated rings. The maximum atomic E-state index is 13.8. The van der Waals surface area contributed by atoms with Crippen LogP contribution in [0.2, 0.25) is 0 Å². The van der Waals surface area contributed by atoms with E-state index in [0.717, 1.165) is 46.4 Å². The fraction of sp³-hybridized carbons (Fsp3) is 0.310. The first-order valence-electron chi connectivity index (χ1n) is 12.8. The van der Waals surface area contributed by atoms with Crippen molar-refractivity contribution in [2.45, 2.75) is 55.0 Å². The molecule has 6 nitrogen and oxygen atoms in total. The largest absolute Gasteiger partial charge is 0.279 e. The fourth-order valence-electron chi connectivity index (χ4n) is 4.89. The lowest BCUT2D eigenvalue weighted by Crippen LogP contribution is -2.43. The molecule has 0 bridgehead atoms. The van der Waals surface area contributed by atoms with Crippen LogP contribution in [0.4, 0.5) is 5.13 Å². The van der Waals surface area contributed by atoms with Crippen LogP contribution in [0.3, 0.4) is 0 Å². The Labute approximate surface area is 232 Å². The highest BCUT2D eigenvalue weighted by atomic mass is 32.2. The first-order chi connectivity index (χ1) is 18.4. The zero-order chi connectivity index (χ0) is 26.7. The van der Waals surface area contributed by atoms with Gasteiger partial charge in [0.2, 0.25) is 10.0 Å². The van der Waals surface area contributed by atoms with E-state index in [1.807, 2.05) is 55.6 Å². The number of hydrogen-bond donors (Lipinski definition) is 0. The Bertz CT molecular complexity index is 1520. The van der Waals surface area contributed by atoms with E-state index >= 15 is 0 Å². The average molecular weight is 566 g/mol. The topological polar surface area (TPSA) is 70.6 Å². The number of rotatable bonds is 8. The van der Waals surface area contributed by atoms with Gasteiger partial charge in [-0.05, 0) is 73.5 Å². The molecule has 1 unspecified atom stereocenters. The minimum Gasteiger partial charge on any atom is -0.279 e. The molecule has 198 valence electrons. The van der Waals surface area contributed by atoms with Crippen LogP contribution in [-0.2, 0) is 16.6 Å². The van der Waals surface area contributed by atoms with Crippen LogP contribution in [0.1, 0.15) is 48.5 Å². The number of carbonyl (C=O) groups excluding carboxylic acids is 1. The van der Waals surface area contributed by atoms with Gasteiger partial charge in [0.05, 0.1) is 21.7 Å². The second-order valence-electron chi connectivity index (χ2n) is 9.40. The summed E-state index contributed by atoms with van der Waals surface area (Å²) in [6.07, 6.45) is 5.65. The van der Waals surface area contributed by atoms with Crippen molar-refractivity contribution in [3.63, 3.8) is 0 Å². The lowest BCUT2D eigenvalue weighted by molar-refractivity contribution is 0.0985. The van der Waals surface area contributed by atoms with Gasteiger partial charge in [-0.3, -0.25) is 9.69 Å². The van der Waals surface area contributed by atoms with Gasteiger partial charge >= 0.3 is 0 Å². The summed E-state index contributed by atoms with van der Waals surface area (Å²) < 4.78 is 29.5. The molecule has 1 aromatic heterocycles. The van der Waals surface area contributed by atoms with Crippen molar-refractivity contribution in [1.82, 2.24) is 9.29 Å². The van der Waals surface area contributed by atoms with Crippen LogP contribution in [0.25, 0.3) is 10.2 Å². The summed E-state index contributed by atoms with van der Waals surface area (Å²) in [5.74, 6) is -0.216. The summed E-state index contributed by atoms with van der Waals surface area (Å²) in [6.45, 7) is 2.94. The third-order valence-electron chi connectivity index (χ3n) is 7.00. The van der Waals surface area contributed by atoms with E-state index in [1.54, 1.807) is 45.2 Å². The highest BCUT2D eigenvalue weighted by Gasteiger charge is 2.32. The molecule has 5 rings (SSSR count). The Balaban J connectivity index is 1.46. The van der Waals surface area contributed by atoms with Gasteiger partial charge < -0.3 is 0 Å². The molecule has 0 saturated carbocycles. The molecule has 0 N–H and O–H groups in total. The highest BCUT2D eigenvalue weighted by molar-refractivity contribution is 7.98. The summed E-state index contributed by atoms with van der Waals surface area (Å²) in [7, 11) is -3.61. The minimum atomic E-state index is -3.61. The van der Waals surface area contributed by atoms with Crippen molar-refractivity contribution in [2.75, 3.05) is 17.7 Å². The fourth-order valence-corrected chi connectivity index (χ4v) is 8.17. The molecule has 2 heterocycles. The number of benzene rings is 3. The Morgan fingerprint density at radius 1 is 1.08 bits per heavy atom. The van der Waals surface area contributed by atoms with Crippen molar-refractivity contribution < 1.29 is 13.2 Å². The Hall–Kier alpha value is -2.72. The SMILES string of the molecule is CCC1CCCCN1S(=O)(=O)c1ccc(C(=O)N(Cc2ccccc2)c2nc3ccc(SC)cc3s2)cc1. The second-order valence-corrected chi connectivity index (χ2v) is 13.2. The zero-order valence-electron chi connectivity index (χ0n) is 21.5. The quantitative estimate of drug-likeness (QED) is 0.219. The lowest BCUT2D eigenvalue weighted by atomic mass is 10.0. The molecule has 1 atom stereocenters. The Morgan fingerprint density at radius 2 is 1.84 bits per heavy atom. The summed E-state index contributed by atoms with van der Waals surface area (Å²) in [5, 5.41) is 0.614. The number of aromatic nitrogens is 1. The van der Waals surface area contributed by atoms with Crippen LogP contribution >= 0.6 is 23.1 Å². The van der Waals surface area contributed by atoms with E-state index in [4.69, 9.17) is 4.98 Å². The summed E-state index contributed by atoms with van der Waals surface area (Å²) in [5.41, 5.74) is 2.26. The van der Waals surface area contributed by atoms with Crippen LogP contribution in [-0.4, -0.2) is 42.5 Å². The predicted octanol–water partition coefficient (Wildman–Crippen LogP) is 6.82. The van der Waals surface area contributed by atoms with E-state index in [9.17, 15) is 13.2 Å². The van der Waals surface area contributed by atoms with Crippen molar-refractivity contribution in [1.29, 1.82) is 0 Å². The van der Waals surface area contributed by atoms with Crippen LogP contribution in [0.15, 0.2) is 82.6 Å². The molecule has 1 amide bonds. The molecule has 1 aliphatic heterocycles. The van der Waals surface area contributed by atoms with E-state index in [2.05, 4.69) is 6.07 Å². The van der Waals surface area contributed by atoms with Gasteiger partial charge in [0, 0.05) is 23.0 Å². The maximum absolute atomic E-state index is 13.8. The van der Waals surface area contributed by atoms with Gasteiger partial charge in [0.15, 0.2) is 5.13 Å². The number of amides is 1. The van der Waals surface area contributed by atoms with E-state index in [0.29, 0.717) is 23.8 Å². The standard InChI is InChI=1S/C29H31N3O3S3/c1-3-23-11-7-8-18-32(23)38(34,35)25-15-12-22(13-16-25)28(33)31(20-21-9-5-4-6-10-21)29-30-26-17-14-24(36-2)19-27(26)37-29/h4-6,9-10,12-17,19,23H,3,7-8,11,18,20H2,1-2H3. The van der Waals surface area contributed by atoms with Crippen LogP contribution in [0, 0.1) is 0 Å². The van der Waals surface area contributed by atoms with Crippen LogP contribution < -0.4 is 4.90 Å². The summed E-state index contributed by atoms with van der Waals surface area (Å²) >= 11 is 3.15. The third-order valence-corrected chi connectivity index (χ3v) is 10.7. The molecule has 1 aliphatic rings. The van der Waals surface area contributed by atoms with E-state index < -0.39 is 10.0 Å². The van der Waals surface area contributed by atoms with E-state index in [-0.39, 0.29) is 16.8 Å². The van der Waals surface area contributed by atoms with Crippen molar-refractivity contribution in [3.8, 4) is 0 Å². The summed E-state index contributed by atoms with van der Waals surface area (Å²) in [6, 6.07) is 22.3. The highest BCUT2D eigenvalue weighted by Crippen LogP contribution is 2.33. The molecular formula is C29H31N3O3S3. The predicted molar refractivity (Wildman–Crippen MR) is 157 cm³/mol. The Morgan fingerprint density at radius 3 is 2.55 bits per heavy atom. The number of fused-ring (bicyclic) bond motifs is 1. The molecule has 0 radical (unpaired) electrons. The summed E-state index contributed by atoms with van der Waals surface area (Å²) in [4.78, 5) is 21.7. The van der Waals surface area contributed by atoms with Crippen molar-refractivity contribution >= 4 is 54.4 Å². The second kappa shape index (κ2) is 11.6. The molecular weight excluding hydrogens is 535 g/mol. The normalized spacial score (nSPS) is 16.5. The molecule has 4 aromatic rings. The smallest absolute Gasteiger partial charge is 0.260 e. The van der Waals surface area contributed by atoms with Crippen LogP contribution in [0.5, 0.6) is 0 Å². The number of thioether (sulfide) groups is 1. The lowest BCUT2D eigenvalue weighted by Gasteiger charge is -2.34. The number of sulfonamides is 1. The number of thiazole rings is 1. The molecule has 3 aromatic carbocycles. The molecule has 0 spiro atoms. The van der Waals surface area contributed by atoms with Gasteiger partial charge in [-0.15, -0.1) is 11.8 Å². The third kappa shape index (κ3) is 5.52. The van der Waals surface area contributed by atoms with Gasteiger partial charge in [0.1, 0.15) is 0 Å². The number of anilines is 1. The minimum absolute atomic E-state index is 0.0297. The number of carbonyl (C=O) groups is 1.